The van der Waals surface area contributed by atoms with E-state index >= 15 is 0 Å². The molecule has 0 bridgehead atoms. The highest BCUT2D eigenvalue weighted by Gasteiger charge is 2.46. The van der Waals surface area contributed by atoms with Crippen LogP contribution in [0.25, 0.3) is 0 Å². The molecule has 23 heavy (non-hydrogen) atoms. The van der Waals surface area contributed by atoms with Gasteiger partial charge in [0.05, 0.1) is 0 Å². The number of ether oxygens (including phenoxy) is 1. The van der Waals surface area contributed by atoms with Crippen molar-refractivity contribution in [2.45, 2.75) is 45.2 Å². The zero-order chi connectivity index (χ0) is 16.9. The van der Waals surface area contributed by atoms with Crippen molar-refractivity contribution in [1.29, 1.82) is 0 Å². The first kappa shape index (κ1) is 17.5. The highest BCUT2D eigenvalue weighted by molar-refractivity contribution is 5.94. The Morgan fingerprint density at radius 2 is 2.04 bits per heavy atom. The van der Waals surface area contributed by atoms with Crippen LogP contribution < -0.4 is 5.32 Å². The van der Waals surface area contributed by atoms with Gasteiger partial charge in [-0.25, -0.2) is 0 Å². The van der Waals surface area contributed by atoms with Gasteiger partial charge in [-0.15, -0.1) is 0 Å². The maximum absolute atomic E-state index is 12.6. The molecule has 1 atom stereocenters. The number of hydrogen-bond acceptors (Lipinski definition) is 3. The lowest BCUT2D eigenvalue weighted by Gasteiger charge is -2.34. The summed E-state index contributed by atoms with van der Waals surface area (Å²) in [5.74, 6) is -0.0355. The molecule has 2 amide bonds. The van der Waals surface area contributed by atoms with E-state index in [9.17, 15) is 9.59 Å². The molecule has 1 N–H and O–H groups in total. The molecule has 0 aliphatic carbocycles. The van der Waals surface area contributed by atoms with Crippen molar-refractivity contribution in [2.75, 3.05) is 20.3 Å². The van der Waals surface area contributed by atoms with Gasteiger partial charge >= 0.3 is 0 Å². The van der Waals surface area contributed by atoms with E-state index in [1.54, 1.807) is 12.0 Å². The lowest BCUT2D eigenvalue weighted by Crippen LogP contribution is -2.54. The predicted molar refractivity (Wildman–Crippen MR) is 88.9 cm³/mol. The van der Waals surface area contributed by atoms with E-state index in [4.69, 9.17) is 4.74 Å². The molecule has 0 spiro atoms. The maximum atomic E-state index is 12.6. The number of hydrogen-bond donors (Lipinski definition) is 1. The van der Waals surface area contributed by atoms with Gasteiger partial charge in [-0.2, -0.15) is 0 Å². The molecule has 1 aliphatic rings. The van der Waals surface area contributed by atoms with Crippen molar-refractivity contribution in [1.82, 2.24) is 10.2 Å². The molecule has 5 nitrogen and oxygen atoms in total. The van der Waals surface area contributed by atoms with E-state index in [1.807, 2.05) is 38.1 Å². The van der Waals surface area contributed by atoms with Crippen molar-refractivity contribution in [3.63, 3.8) is 0 Å². The van der Waals surface area contributed by atoms with Crippen LogP contribution in [0.5, 0.6) is 0 Å². The zero-order valence-corrected chi connectivity index (χ0v) is 14.2. The van der Waals surface area contributed by atoms with Crippen molar-refractivity contribution in [2.24, 2.45) is 0 Å². The average Bonchev–Trinajstić information content (AvgIpc) is 2.83. The molecule has 2 rings (SSSR count). The molecule has 0 aromatic heterocycles. The van der Waals surface area contributed by atoms with Gasteiger partial charge in [0.1, 0.15) is 5.54 Å². The number of methoxy groups -OCH3 is 1. The minimum atomic E-state index is -0.769. The second-order valence-electron chi connectivity index (χ2n) is 6.34. The third-order valence-corrected chi connectivity index (χ3v) is 4.48. The molecule has 0 radical (unpaired) electrons. The average molecular weight is 318 g/mol. The molecular weight excluding hydrogens is 292 g/mol. The number of amides is 2. The minimum absolute atomic E-state index is 0.0418. The van der Waals surface area contributed by atoms with Crippen LogP contribution >= 0.6 is 0 Å². The van der Waals surface area contributed by atoms with Gasteiger partial charge in [0.15, 0.2) is 0 Å². The fourth-order valence-electron chi connectivity index (χ4n) is 2.88. The van der Waals surface area contributed by atoms with Crippen LogP contribution in [0.15, 0.2) is 24.3 Å². The van der Waals surface area contributed by atoms with Crippen LogP contribution in [0.2, 0.25) is 0 Å². The molecule has 0 saturated carbocycles. The summed E-state index contributed by atoms with van der Waals surface area (Å²) < 4.78 is 4.99. The summed E-state index contributed by atoms with van der Waals surface area (Å²) in [4.78, 5) is 26.6. The third-order valence-electron chi connectivity index (χ3n) is 4.48. The van der Waals surface area contributed by atoms with Crippen LogP contribution in [-0.4, -0.2) is 42.5 Å². The van der Waals surface area contributed by atoms with Crippen molar-refractivity contribution >= 4 is 11.8 Å². The number of nitrogens with zero attached hydrogens (tertiary/aromatic N) is 1. The van der Waals surface area contributed by atoms with Crippen LogP contribution in [0.4, 0.5) is 0 Å². The van der Waals surface area contributed by atoms with Crippen molar-refractivity contribution < 1.29 is 14.3 Å². The van der Waals surface area contributed by atoms with Gasteiger partial charge in [0.25, 0.3) is 0 Å². The van der Waals surface area contributed by atoms with E-state index in [0.717, 1.165) is 12.0 Å². The standard InChI is InChI=1S/C18H26N2O3/c1-14-5-7-15(8-6-14)13-20-16(21)9-10-18(20,2)17(22)19-11-4-12-23-3/h5-8H,4,9-13H2,1-3H3,(H,19,22). The second-order valence-corrected chi connectivity index (χ2v) is 6.34. The molecular formula is C18H26N2O3. The van der Waals surface area contributed by atoms with Crippen LogP contribution in [0, 0.1) is 6.92 Å². The highest BCUT2D eigenvalue weighted by atomic mass is 16.5. The van der Waals surface area contributed by atoms with E-state index < -0.39 is 5.54 Å². The SMILES string of the molecule is COCCCNC(=O)C1(C)CCC(=O)N1Cc1ccc(C)cc1. The fourth-order valence-corrected chi connectivity index (χ4v) is 2.88. The Labute approximate surface area is 138 Å². The molecule has 1 aromatic carbocycles. The number of rotatable bonds is 7. The van der Waals surface area contributed by atoms with Gasteiger partial charge in [-0.3, -0.25) is 9.59 Å². The van der Waals surface area contributed by atoms with Crippen LogP contribution in [0.1, 0.15) is 37.3 Å². The van der Waals surface area contributed by atoms with Gasteiger partial charge in [-0.1, -0.05) is 29.8 Å². The fraction of sp³-hybridized carbons (Fsp3) is 0.556. The summed E-state index contributed by atoms with van der Waals surface area (Å²) in [6.07, 6.45) is 1.76. The molecule has 126 valence electrons. The third kappa shape index (κ3) is 4.10. The Morgan fingerprint density at radius 1 is 1.35 bits per heavy atom. The topological polar surface area (TPSA) is 58.6 Å². The van der Waals surface area contributed by atoms with Gasteiger partial charge < -0.3 is 15.0 Å². The number of aryl methyl sites for hydroxylation is 1. The zero-order valence-electron chi connectivity index (χ0n) is 14.2. The molecule has 1 unspecified atom stereocenters. The first-order valence-corrected chi connectivity index (χ1v) is 8.10. The van der Waals surface area contributed by atoms with E-state index in [-0.39, 0.29) is 11.8 Å². The largest absolute Gasteiger partial charge is 0.385 e. The van der Waals surface area contributed by atoms with Gasteiger partial charge in [-0.05, 0) is 32.3 Å². The molecule has 1 aromatic rings. The lowest BCUT2D eigenvalue weighted by molar-refractivity contribution is -0.141. The summed E-state index contributed by atoms with van der Waals surface area (Å²) in [5, 5.41) is 2.93. The Morgan fingerprint density at radius 3 is 2.70 bits per heavy atom. The summed E-state index contributed by atoms with van der Waals surface area (Å²) in [6, 6.07) is 8.08. The number of carbonyl (C=O) groups excluding carboxylic acids is 2. The molecule has 1 saturated heterocycles. The Bertz CT molecular complexity index is 556. The molecule has 1 fully saturated rings. The minimum Gasteiger partial charge on any atom is -0.385 e. The van der Waals surface area contributed by atoms with E-state index in [0.29, 0.717) is 32.5 Å². The first-order chi connectivity index (χ1) is 11.0. The Balaban J connectivity index is 2.04. The van der Waals surface area contributed by atoms with Gasteiger partial charge in [0, 0.05) is 33.2 Å². The second kappa shape index (κ2) is 7.59. The number of likely N-dealkylation sites (tertiary alicyclic amines) is 1. The molecule has 1 heterocycles. The Hall–Kier alpha value is -1.88. The normalized spacial score (nSPS) is 20.8. The summed E-state index contributed by atoms with van der Waals surface area (Å²) >= 11 is 0. The lowest BCUT2D eigenvalue weighted by atomic mass is 9.97. The summed E-state index contributed by atoms with van der Waals surface area (Å²) in [7, 11) is 1.64. The monoisotopic (exact) mass is 318 g/mol. The summed E-state index contributed by atoms with van der Waals surface area (Å²) in [5.41, 5.74) is 1.46. The molecule has 5 heteroatoms. The quantitative estimate of drug-likeness (QED) is 0.783. The predicted octanol–water partition coefficient (Wildman–Crippen LogP) is 2.03. The number of carbonyl (C=O) groups is 2. The molecule has 1 aliphatic heterocycles. The van der Waals surface area contributed by atoms with Gasteiger partial charge in [0.2, 0.25) is 11.8 Å². The Kier molecular flexibility index (Phi) is 5.77. The first-order valence-electron chi connectivity index (χ1n) is 8.10. The highest BCUT2D eigenvalue weighted by Crippen LogP contribution is 2.32. The maximum Gasteiger partial charge on any atom is 0.245 e. The van der Waals surface area contributed by atoms with Crippen LogP contribution in [-0.2, 0) is 20.9 Å². The van der Waals surface area contributed by atoms with Crippen LogP contribution in [0.3, 0.4) is 0 Å². The number of benzene rings is 1. The van der Waals surface area contributed by atoms with E-state index in [2.05, 4.69) is 5.32 Å². The number of nitrogens with one attached hydrogen (secondary N) is 1. The van der Waals surface area contributed by atoms with Crippen molar-refractivity contribution in [3.05, 3.63) is 35.4 Å². The van der Waals surface area contributed by atoms with Crippen molar-refractivity contribution in [3.8, 4) is 0 Å². The smallest absolute Gasteiger partial charge is 0.245 e. The summed E-state index contributed by atoms with van der Waals surface area (Å²) in [6.45, 7) is 5.54. The van der Waals surface area contributed by atoms with E-state index in [1.165, 1.54) is 5.56 Å².